The smallest absolute Gasteiger partial charge is 0.426 e. The van der Waals surface area contributed by atoms with Crippen molar-refractivity contribution in [2.45, 2.75) is 25.6 Å². The molecule has 1 heterocycles. The first-order valence-corrected chi connectivity index (χ1v) is 8.12. The third-order valence-electron chi connectivity index (χ3n) is 3.74. The van der Waals surface area contributed by atoms with E-state index in [1.165, 1.54) is 19.2 Å². The van der Waals surface area contributed by atoms with Gasteiger partial charge in [-0.1, -0.05) is 12.1 Å². The number of esters is 1. The lowest BCUT2D eigenvalue weighted by Crippen LogP contribution is -2.62. The van der Waals surface area contributed by atoms with Crippen molar-refractivity contribution < 1.29 is 31.9 Å². The van der Waals surface area contributed by atoms with Crippen LogP contribution in [0.3, 0.4) is 0 Å². The molecule has 0 spiro atoms. The maximum absolute atomic E-state index is 14.0. The fraction of sp³-hybridized carbons (Fsp3) is 0.278. The van der Waals surface area contributed by atoms with Gasteiger partial charge in [-0.3, -0.25) is 5.32 Å². The molecule has 150 valence electrons. The van der Waals surface area contributed by atoms with Crippen LogP contribution in [-0.2, 0) is 15.1 Å². The molecule has 2 aromatic rings. The molecule has 0 aliphatic heterocycles. The average Bonchev–Trinajstić information content (AvgIpc) is 2.59. The molecule has 1 aromatic heterocycles. The van der Waals surface area contributed by atoms with Crippen LogP contribution in [0.5, 0.6) is 0 Å². The van der Waals surface area contributed by atoms with Crippen LogP contribution in [0.15, 0.2) is 42.6 Å². The van der Waals surface area contributed by atoms with Crippen molar-refractivity contribution in [1.29, 1.82) is 0 Å². The Balaban J connectivity index is 2.48. The molecule has 2 amide bonds. The zero-order valence-corrected chi connectivity index (χ0v) is 14.9. The number of rotatable bonds is 5. The van der Waals surface area contributed by atoms with E-state index in [1.807, 2.05) is 0 Å². The highest BCUT2D eigenvalue weighted by Gasteiger charge is 2.64. The molecule has 0 saturated carbocycles. The van der Waals surface area contributed by atoms with E-state index >= 15 is 0 Å². The lowest BCUT2D eigenvalue weighted by Gasteiger charge is -2.34. The molecular formula is C18H17F4N3O3. The number of ether oxygens (including phenoxy) is 1. The molecule has 0 bridgehead atoms. The second-order valence-corrected chi connectivity index (χ2v) is 5.77. The molecule has 28 heavy (non-hydrogen) atoms. The van der Waals surface area contributed by atoms with E-state index in [9.17, 15) is 27.2 Å². The van der Waals surface area contributed by atoms with Gasteiger partial charge in [0, 0.05) is 6.20 Å². The van der Waals surface area contributed by atoms with Crippen molar-refractivity contribution in [3.8, 4) is 0 Å². The number of aromatic nitrogens is 1. The Kier molecular flexibility index (Phi) is 6.22. The highest BCUT2D eigenvalue weighted by atomic mass is 19.4. The Morgan fingerprint density at radius 3 is 2.32 bits per heavy atom. The number of hydrogen-bond donors (Lipinski definition) is 2. The van der Waals surface area contributed by atoms with Crippen LogP contribution in [-0.4, -0.2) is 29.8 Å². The minimum atomic E-state index is -5.28. The van der Waals surface area contributed by atoms with Crippen LogP contribution in [0.1, 0.15) is 18.1 Å². The van der Waals surface area contributed by atoms with E-state index in [4.69, 9.17) is 0 Å². The van der Waals surface area contributed by atoms with Gasteiger partial charge < -0.3 is 10.1 Å². The van der Waals surface area contributed by atoms with Crippen LogP contribution in [0.25, 0.3) is 0 Å². The van der Waals surface area contributed by atoms with Crippen molar-refractivity contribution in [1.82, 2.24) is 10.3 Å². The number of alkyl halides is 3. The quantitative estimate of drug-likeness (QED) is 0.594. The van der Waals surface area contributed by atoms with Gasteiger partial charge in [-0.2, -0.15) is 13.2 Å². The topological polar surface area (TPSA) is 80.3 Å². The van der Waals surface area contributed by atoms with Crippen LogP contribution < -0.4 is 10.6 Å². The van der Waals surface area contributed by atoms with Gasteiger partial charge in [-0.15, -0.1) is 0 Å². The Labute approximate surface area is 157 Å². The zero-order chi connectivity index (χ0) is 20.9. The van der Waals surface area contributed by atoms with Crippen LogP contribution in [0, 0.1) is 12.7 Å². The Bertz CT molecular complexity index is 856. The number of halogens is 4. The van der Waals surface area contributed by atoms with Crippen molar-refractivity contribution >= 4 is 17.8 Å². The Hall–Kier alpha value is -3.17. The molecule has 0 radical (unpaired) electrons. The van der Waals surface area contributed by atoms with Gasteiger partial charge >= 0.3 is 18.2 Å². The normalized spacial score (nSPS) is 13.4. The van der Waals surface area contributed by atoms with Crippen LogP contribution in [0.4, 0.5) is 28.2 Å². The molecule has 0 saturated heterocycles. The summed E-state index contributed by atoms with van der Waals surface area (Å²) in [6, 6.07) is 4.72. The monoisotopic (exact) mass is 399 g/mol. The van der Waals surface area contributed by atoms with Gasteiger partial charge in [-0.05, 0) is 49.2 Å². The predicted molar refractivity (Wildman–Crippen MR) is 91.9 cm³/mol. The molecule has 0 aliphatic carbocycles. The molecule has 1 atom stereocenters. The number of amides is 2. The van der Waals surface area contributed by atoms with Crippen molar-refractivity contribution in [3.05, 3.63) is 59.5 Å². The summed E-state index contributed by atoms with van der Waals surface area (Å²) in [5, 5.41) is 3.79. The van der Waals surface area contributed by atoms with Gasteiger partial charge in [0.1, 0.15) is 11.6 Å². The van der Waals surface area contributed by atoms with Crippen molar-refractivity contribution in [2.24, 2.45) is 0 Å². The molecule has 0 fully saturated rings. The largest absolute Gasteiger partial charge is 0.464 e. The molecule has 0 aliphatic rings. The number of carbonyl (C=O) groups excluding carboxylic acids is 2. The SMILES string of the molecule is CCOC(=O)[C@](NC(=O)Nc1cc(C)ccn1)(c1ccc(F)cc1)C(F)(F)F. The second kappa shape index (κ2) is 8.24. The van der Waals surface area contributed by atoms with Crippen molar-refractivity contribution in [3.63, 3.8) is 0 Å². The number of benzene rings is 1. The lowest BCUT2D eigenvalue weighted by molar-refractivity contribution is -0.213. The van der Waals surface area contributed by atoms with Crippen LogP contribution >= 0.6 is 0 Å². The number of nitrogens with zero attached hydrogens (tertiary/aromatic N) is 1. The number of hydrogen-bond acceptors (Lipinski definition) is 4. The third-order valence-corrected chi connectivity index (χ3v) is 3.74. The first-order chi connectivity index (χ1) is 13.1. The van der Waals surface area contributed by atoms with E-state index in [0.29, 0.717) is 5.56 Å². The molecule has 2 N–H and O–H groups in total. The number of nitrogens with one attached hydrogen (secondary N) is 2. The van der Waals surface area contributed by atoms with Gasteiger partial charge in [-0.25, -0.2) is 19.0 Å². The van der Waals surface area contributed by atoms with Gasteiger partial charge in [0.15, 0.2) is 0 Å². The summed E-state index contributed by atoms with van der Waals surface area (Å²) in [5.74, 6) is -2.57. The Morgan fingerprint density at radius 1 is 1.14 bits per heavy atom. The van der Waals surface area contributed by atoms with E-state index in [1.54, 1.807) is 18.3 Å². The maximum Gasteiger partial charge on any atom is 0.426 e. The first kappa shape index (κ1) is 21.1. The first-order valence-electron chi connectivity index (χ1n) is 8.12. The van der Waals surface area contributed by atoms with Gasteiger partial charge in [0.2, 0.25) is 0 Å². The summed E-state index contributed by atoms with van der Waals surface area (Å²) >= 11 is 0. The van der Waals surface area contributed by atoms with Gasteiger partial charge in [0.05, 0.1) is 6.61 Å². The molecular weight excluding hydrogens is 382 g/mol. The maximum atomic E-state index is 14.0. The van der Waals surface area contributed by atoms with E-state index < -0.39 is 35.1 Å². The molecule has 1 aromatic carbocycles. The average molecular weight is 399 g/mol. The zero-order valence-electron chi connectivity index (χ0n) is 14.9. The summed E-state index contributed by atoms with van der Waals surface area (Å²) in [5.41, 5.74) is -3.53. The summed E-state index contributed by atoms with van der Waals surface area (Å²) in [4.78, 5) is 28.5. The Morgan fingerprint density at radius 2 is 1.79 bits per heavy atom. The van der Waals surface area contributed by atoms with E-state index in [2.05, 4.69) is 15.0 Å². The van der Waals surface area contributed by atoms with E-state index in [0.717, 1.165) is 24.3 Å². The van der Waals surface area contributed by atoms with Crippen LogP contribution in [0.2, 0.25) is 0 Å². The second-order valence-electron chi connectivity index (χ2n) is 5.77. The minimum Gasteiger partial charge on any atom is -0.464 e. The number of pyridine rings is 1. The van der Waals surface area contributed by atoms with E-state index in [-0.39, 0.29) is 12.4 Å². The molecule has 0 unspecified atom stereocenters. The van der Waals surface area contributed by atoms with Crippen molar-refractivity contribution in [2.75, 3.05) is 11.9 Å². The minimum absolute atomic E-state index is 0.0171. The summed E-state index contributed by atoms with van der Waals surface area (Å²) in [6.07, 6.45) is -3.93. The fourth-order valence-electron chi connectivity index (χ4n) is 2.45. The summed E-state index contributed by atoms with van der Waals surface area (Å²) < 4.78 is 59.9. The number of urea groups is 1. The number of aryl methyl sites for hydroxylation is 1. The highest BCUT2D eigenvalue weighted by Crippen LogP contribution is 2.40. The fourth-order valence-corrected chi connectivity index (χ4v) is 2.45. The third kappa shape index (κ3) is 4.38. The number of carbonyl (C=O) groups is 2. The predicted octanol–water partition coefficient (Wildman–Crippen LogP) is 3.67. The molecule has 10 heteroatoms. The number of anilines is 1. The standard InChI is InChI=1S/C18H17F4N3O3/c1-3-28-15(26)17(18(20,21)22,12-4-6-13(19)7-5-12)25-16(27)24-14-10-11(2)8-9-23-14/h4-10H,3H2,1-2H3,(H2,23,24,25,27)/t17-/m1/s1. The highest BCUT2D eigenvalue weighted by molar-refractivity contribution is 5.95. The lowest BCUT2D eigenvalue weighted by atomic mass is 9.89. The molecule has 6 nitrogen and oxygen atoms in total. The van der Waals surface area contributed by atoms with Gasteiger partial charge in [0.25, 0.3) is 5.54 Å². The molecule has 2 rings (SSSR count). The summed E-state index contributed by atoms with van der Waals surface area (Å²) in [6.45, 7) is 2.66. The summed E-state index contributed by atoms with van der Waals surface area (Å²) in [7, 11) is 0.